The van der Waals surface area contributed by atoms with Crippen LogP contribution in [0.5, 0.6) is 0 Å². The highest BCUT2D eigenvalue weighted by Crippen LogP contribution is 2.24. The predicted octanol–water partition coefficient (Wildman–Crippen LogP) is 4.68. The average Bonchev–Trinajstić information content (AvgIpc) is 2.43. The minimum Gasteiger partial charge on any atom is -0.310 e. The molecule has 1 nitrogen and oxygen atoms in total. The van der Waals surface area contributed by atoms with Crippen LogP contribution in [0.3, 0.4) is 0 Å². The molecule has 1 unspecified atom stereocenters. The maximum atomic E-state index is 13.2. The molecule has 1 N–H and O–H groups in total. The van der Waals surface area contributed by atoms with Crippen LogP contribution in [0.2, 0.25) is 5.02 Å². The first-order valence-corrected chi connectivity index (χ1v) is 7.22. The molecule has 1 atom stereocenters. The fourth-order valence-electron chi connectivity index (χ4n) is 2.42. The zero-order valence-corrected chi connectivity index (χ0v) is 12.5. The molecule has 0 bridgehead atoms. The van der Waals surface area contributed by atoms with E-state index < -0.39 is 0 Å². The first-order valence-electron chi connectivity index (χ1n) is 6.84. The van der Waals surface area contributed by atoms with E-state index in [1.54, 1.807) is 12.1 Å². The average molecular weight is 292 g/mol. The Morgan fingerprint density at radius 3 is 2.60 bits per heavy atom. The lowest BCUT2D eigenvalue weighted by Crippen LogP contribution is -2.23. The van der Waals surface area contributed by atoms with Gasteiger partial charge in [-0.25, -0.2) is 4.39 Å². The van der Waals surface area contributed by atoms with Crippen LogP contribution >= 0.6 is 11.6 Å². The summed E-state index contributed by atoms with van der Waals surface area (Å²) in [6.07, 6.45) is 0.790. The van der Waals surface area contributed by atoms with Gasteiger partial charge in [-0.1, -0.05) is 48.9 Å². The molecule has 2 rings (SSSR count). The zero-order chi connectivity index (χ0) is 14.5. The Labute approximate surface area is 124 Å². The number of hydrogen-bond acceptors (Lipinski definition) is 1. The zero-order valence-electron chi connectivity index (χ0n) is 11.8. The molecule has 0 aliphatic heterocycles. The maximum Gasteiger partial charge on any atom is 0.141 e. The molecule has 0 spiro atoms. The third-order valence-electron chi connectivity index (χ3n) is 3.44. The molecule has 0 aliphatic carbocycles. The van der Waals surface area contributed by atoms with Gasteiger partial charge in [-0.3, -0.25) is 0 Å². The minimum absolute atomic E-state index is 0.183. The van der Waals surface area contributed by atoms with Crippen molar-refractivity contribution in [3.05, 3.63) is 70.0 Å². The summed E-state index contributed by atoms with van der Waals surface area (Å²) in [6, 6.07) is 13.5. The van der Waals surface area contributed by atoms with Gasteiger partial charge in [0.1, 0.15) is 5.82 Å². The molecule has 0 saturated heterocycles. The van der Waals surface area contributed by atoms with Gasteiger partial charge in [0.15, 0.2) is 0 Å². The second-order valence-corrected chi connectivity index (χ2v) is 5.33. The first-order chi connectivity index (χ1) is 9.61. The molecule has 0 heterocycles. The molecule has 2 aromatic rings. The molecule has 0 aliphatic rings. The molecule has 0 aromatic heterocycles. The number of halogens is 2. The van der Waals surface area contributed by atoms with Crippen molar-refractivity contribution >= 4 is 11.6 Å². The van der Waals surface area contributed by atoms with Crippen molar-refractivity contribution in [1.82, 2.24) is 5.32 Å². The summed E-state index contributed by atoms with van der Waals surface area (Å²) in [6.45, 7) is 5.08. The summed E-state index contributed by atoms with van der Waals surface area (Å²) >= 11 is 5.86. The van der Waals surface area contributed by atoms with Crippen molar-refractivity contribution in [2.75, 3.05) is 6.54 Å². The van der Waals surface area contributed by atoms with E-state index in [0.29, 0.717) is 0 Å². The molecule has 106 valence electrons. The summed E-state index contributed by atoms with van der Waals surface area (Å²) in [5.74, 6) is -0.369. The van der Waals surface area contributed by atoms with Crippen LogP contribution in [-0.2, 0) is 6.42 Å². The van der Waals surface area contributed by atoms with Gasteiger partial charge in [-0.15, -0.1) is 0 Å². The molecule has 0 amide bonds. The lowest BCUT2D eigenvalue weighted by molar-refractivity contribution is 0.546. The van der Waals surface area contributed by atoms with Crippen LogP contribution in [-0.4, -0.2) is 6.54 Å². The van der Waals surface area contributed by atoms with Crippen LogP contribution in [0.15, 0.2) is 42.5 Å². The Kier molecular flexibility index (Phi) is 5.16. The van der Waals surface area contributed by atoms with E-state index in [4.69, 9.17) is 11.6 Å². The SMILES string of the molecule is CCNC(Cc1ccc(F)c(Cl)c1)c1ccccc1C. The van der Waals surface area contributed by atoms with Crippen molar-refractivity contribution in [2.45, 2.75) is 26.3 Å². The Hall–Kier alpha value is -1.38. The third-order valence-corrected chi connectivity index (χ3v) is 3.73. The summed E-state index contributed by atoms with van der Waals surface area (Å²) in [7, 11) is 0. The Morgan fingerprint density at radius 1 is 1.20 bits per heavy atom. The van der Waals surface area contributed by atoms with Crippen molar-refractivity contribution < 1.29 is 4.39 Å². The molecule has 20 heavy (non-hydrogen) atoms. The largest absolute Gasteiger partial charge is 0.310 e. The highest BCUT2D eigenvalue weighted by molar-refractivity contribution is 6.30. The number of hydrogen-bond donors (Lipinski definition) is 1. The quantitative estimate of drug-likeness (QED) is 0.843. The molecule has 0 radical (unpaired) electrons. The molecule has 0 saturated carbocycles. The van der Waals surface area contributed by atoms with Crippen LogP contribution in [0.4, 0.5) is 4.39 Å². The molecular weight excluding hydrogens is 273 g/mol. The standard InChI is InChI=1S/C17H19ClFN/c1-3-20-17(14-7-5-4-6-12(14)2)11-13-8-9-16(19)15(18)10-13/h4-10,17,20H,3,11H2,1-2H3. The summed E-state index contributed by atoms with van der Waals surface area (Å²) in [4.78, 5) is 0. The predicted molar refractivity (Wildman–Crippen MR) is 82.7 cm³/mol. The normalized spacial score (nSPS) is 12.4. The summed E-state index contributed by atoms with van der Waals surface area (Å²) in [5.41, 5.74) is 3.56. The molecule has 2 aromatic carbocycles. The highest BCUT2D eigenvalue weighted by atomic mass is 35.5. The molecule has 0 fully saturated rings. The molecular formula is C17H19ClFN. The summed E-state index contributed by atoms with van der Waals surface area (Å²) in [5, 5.41) is 3.67. The fourth-order valence-corrected chi connectivity index (χ4v) is 2.62. The number of rotatable bonds is 5. The fraction of sp³-hybridized carbons (Fsp3) is 0.294. The van der Waals surface area contributed by atoms with E-state index in [2.05, 4.69) is 31.3 Å². The van der Waals surface area contributed by atoms with Crippen LogP contribution in [0, 0.1) is 12.7 Å². The van der Waals surface area contributed by atoms with E-state index in [-0.39, 0.29) is 16.9 Å². The second kappa shape index (κ2) is 6.87. The number of aryl methyl sites for hydroxylation is 1. The highest BCUT2D eigenvalue weighted by Gasteiger charge is 2.14. The minimum atomic E-state index is -0.369. The maximum absolute atomic E-state index is 13.2. The van der Waals surface area contributed by atoms with E-state index in [1.807, 2.05) is 12.1 Å². The van der Waals surface area contributed by atoms with E-state index in [1.165, 1.54) is 17.2 Å². The van der Waals surface area contributed by atoms with Crippen molar-refractivity contribution in [3.8, 4) is 0 Å². The Balaban J connectivity index is 2.25. The van der Waals surface area contributed by atoms with Gasteiger partial charge in [0, 0.05) is 6.04 Å². The Bertz CT molecular complexity index is 583. The molecule has 3 heteroatoms. The monoisotopic (exact) mass is 291 g/mol. The van der Waals surface area contributed by atoms with Crippen LogP contribution in [0.1, 0.15) is 29.7 Å². The van der Waals surface area contributed by atoms with Crippen molar-refractivity contribution in [1.29, 1.82) is 0 Å². The van der Waals surface area contributed by atoms with Gasteiger partial charge in [-0.2, -0.15) is 0 Å². The van der Waals surface area contributed by atoms with Gasteiger partial charge < -0.3 is 5.32 Å². The second-order valence-electron chi connectivity index (χ2n) is 4.92. The van der Waals surface area contributed by atoms with E-state index in [0.717, 1.165) is 18.5 Å². The Morgan fingerprint density at radius 2 is 1.95 bits per heavy atom. The van der Waals surface area contributed by atoms with Gasteiger partial charge in [0.2, 0.25) is 0 Å². The lowest BCUT2D eigenvalue weighted by Gasteiger charge is -2.20. The summed E-state index contributed by atoms with van der Waals surface area (Å²) < 4.78 is 13.2. The van der Waals surface area contributed by atoms with E-state index >= 15 is 0 Å². The van der Waals surface area contributed by atoms with E-state index in [9.17, 15) is 4.39 Å². The van der Waals surface area contributed by atoms with Crippen molar-refractivity contribution in [2.24, 2.45) is 0 Å². The number of nitrogens with one attached hydrogen (secondary N) is 1. The third kappa shape index (κ3) is 3.59. The van der Waals surface area contributed by atoms with Gasteiger partial charge >= 0.3 is 0 Å². The van der Waals surface area contributed by atoms with Crippen LogP contribution < -0.4 is 5.32 Å². The van der Waals surface area contributed by atoms with Gasteiger partial charge in [0.05, 0.1) is 5.02 Å². The number of likely N-dealkylation sites (N-methyl/N-ethyl adjacent to an activating group) is 1. The smallest absolute Gasteiger partial charge is 0.141 e. The lowest BCUT2D eigenvalue weighted by atomic mass is 9.95. The van der Waals surface area contributed by atoms with Crippen molar-refractivity contribution in [3.63, 3.8) is 0 Å². The number of benzene rings is 2. The topological polar surface area (TPSA) is 12.0 Å². The van der Waals surface area contributed by atoms with Gasteiger partial charge in [0.25, 0.3) is 0 Å². The van der Waals surface area contributed by atoms with Gasteiger partial charge in [-0.05, 0) is 48.7 Å². The first kappa shape index (κ1) is 15.0. The van der Waals surface area contributed by atoms with Crippen LogP contribution in [0.25, 0.3) is 0 Å².